The summed E-state index contributed by atoms with van der Waals surface area (Å²) in [4.78, 5) is 12.6. The lowest BCUT2D eigenvalue weighted by Gasteiger charge is -2.17. The number of aromatic nitrogens is 1. The third kappa shape index (κ3) is 5.69. The molecular weight excluding hydrogens is 562 g/mol. The van der Waals surface area contributed by atoms with Crippen molar-refractivity contribution in [1.29, 1.82) is 0 Å². The highest BCUT2D eigenvalue weighted by atomic mass is 35.5. The van der Waals surface area contributed by atoms with E-state index in [4.69, 9.17) is 27.9 Å². The highest BCUT2D eigenvalue weighted by Crippen LogP contribution is 2.36. The normalized spacial score (nSPS) is 13.5. The van der Waals surface area contributed by atoms with E-state index in [-0.39, 0.29) is 4.90 Å². The zero-order chi connectivity index (χ0) is 27.7. The molecule has 0 saturated carbocycles. The van der Waals surface area contributed by atoms with Crippen LogP contribution in [-0.4, -0.2) is 26.0 Å². The second-order valence-corrected chi connectivity index (χ2v) is 11.9. The van der Waals surface area contributed by atoms with Gasteiger partial charge in [-0.1, -0.05) is 29.3 Å². The Morgan fingerprint density at radius 3 is 2.54 bits per heavy atom. The summed E-state index contributed by atoms with van der Waals surface area (Å²) in [5.74, 6) is -0.809. The topological polar surface area (TPSA) is 77.4 Å². The predicted octanol–water partition coefficient (Wildman–Crippen LogP) is 6.54. The van der Waals surface area contributed by atoms with Crippen molar-refractivity contribution in [2.45, 2.75) is 37.1 Å². The Bertz CT molecular complexity index is 1710. The highest BCUT2D eigenvalue weighted by molar-refractivity contribution is 7.90. The van der Waals surface area contributed by atoms with Crippen molar-refractivity contribution >= 4 is 56.1 Å². The molecule has 0 fully saturated rings. The van der Waals surface area contributed by atoms with Gasteiger partial charge in [0, 0.05) is 39.3 Å². The minimum absolute atomic E-state index is 0.0837. The fraction of sp³-hybridized carbons (Fsp3) is 0.207. The average molecular weight is 588 g/mol. The molecule has 202 valence electrons. The number of carbonyl (C=O) groups is 1. The van der Waals surface area contributed by atoms with Crippen LogP contribution in [0.2, 0.25) is 10.0 Å². The lowest BCUT2D eigenvalue weighted by atomic mass is 9.95. The molecule has 1 amide bonds. The number of rotatable bonds is 7. The fourth-order valence-electron chi connectivity index (χ4n) is 5.03. The highest BCUT2D eigenvalue weighted by Gasteiger charge is 2.23. The van der Waals surface area contributed by atoms with Crippen LogP contribution in [0.4, 0.5) is 4.39 Å². The van der Waals surface area contributed by atoms with E-state index < -0.39 is 21.7 Å². The Morgan fingerprint density at radius 2 is 1.82 bits per heavy atom. The number of hydrogen-bond acceptors (Lipinski definition) is 4. The first-order valence-corrected chi connectivity index (χ1v) is 14.6. The molecule has 0 atom stereocenters. The maximum absolute atomic E-state index is 14.8. The molecule has 6 nitrogen and oxygen atoms in total. The Balaban J connectivity index is 1.52. The first-order chi connectivity index (χ1) is 18.7. The molecule has 0 bridgehead atoms. The van der Waals surface area contributed by atoms with Crippen molar-refractivity contribution in [1.82, 2.24) is 9.29 Å². The van der Waals surface area contributed by atoms with Crippen molar-refractivity contribution in [2.75, 3.05) is 7.11 Å². The molecule has 4 aromatic rings. The van der Waals surface area contributed by atoms with Gasteiger partial charge in [-0.3, -0.25) is 4.79 Å². The number of hydrogen-bond donors (Lipinski definition) is 1. The van der Waals surface area contributed by atoms with E-state index in [9.17, 15) is 17.6 Å². The van der Waals surface area contributed by atoms with Crippen LogP contribution < -0.4 is 9.46 Å². The van der Waals surface area contributed by atoms with Gasteiger partial charge < -0.3 is 9.30 Å². The molecule has 10 heteroatoms. The van der Waals surface area contributed by atoms with Gasteiger partial charge in [0.25, 0.3) is 15.9 Å². The number of methoxy groups -OCH3 is 1. The lowest BCUT2D eigenvalue weighted by molar-refractivity contribution is -0.114. The van der Waals surface area contributed by atoms with Crippen LogP contribution in [0.5, 0.6) is 5.75 Å². The first-order valence-electron chi connectivity index (χ1n) is 12.3. The Kier molecular flexibility index (Phi) is 7.71. The fourth-order valence-corrected chi connectivity index (χ4v) is 6.44. The van der Waals surface area contributed by atoms with E-state index in [2.05, 4.69) is 4.57 Å². The molecule has 0 aliphatic heterocycles. The van der Waals surface area contributed by atoms with E-state index >= 15 is 0 Å². The van der Waals surface area contributed by atoms with E-state index in [1.807, 2.05) is 10.8 Å². The summed E-state index contributed by atoms with van der Waals surface area (Å²) >= 11 is 12.6. The number of amides is 1. The minimum Gasteiger partial charge on any atom is -0.497 e. The van der Waals surface area contributed by atoms with Gasteiger partial charge in [0.05, 0.1) is 17.5 Å². The second kappa shape index (κ2) is 11.0. The Hall–Kier alpha value is -3.33. The van der Waals surface area contributed by atoms with Gasteiger partial charge in [0.15, 0.2) is 0 Å². The molecular formula is C29H25Cl2FN2O4S. The van der Waals surface area contributed by atoms with E-state index in [0.29, 0.717) is 27.9 Å². The van der Waals surface area contributed by atoms with Crippen LogP contribution in [0, 0.1) is 5.82 Å². The molecule has 1 aliphatic rings. The van der Waals surface area contributed by atoms with E-state index in [1.54, 1.807) is 12.1 Å². The summed E-state index contributed by atoms with van der Waals surface area (Å²) in [5, 5.41) is 1.83. The number of benzene rings is 3. The summed E-state index contributed by atoms with van der Waals surface area (Å²) in [6, 6.07) is 13.8. The molecule has 0 spiro atoms. The molecule has 0 saturated heterocycles. The molecule has 1 heterocycles. The van der Waals surface area contributed by atoms with Crippen LogP contribution in [0.1, 0.15) is 35.2 Å². The summed E-state index contributed by atoms with van der Waals surface area (Å²) < 4.78 is 49.3. The van der Waals surface area contributed by atoms with Gasteiger partial charge >= 0.3 is 0 Å². The van der Waals surface area contributed by atoms with Crippen molar-refractivity contribution < 1.29 is 22.3 Å². The molecule has 0 radical (unpaired) electrons. The van der Waals surface area contributed by atoms with Crippen molar-refractivity contribution in [3.05, 3.63) is 98.9 Å². The summed E-state index contributed by atoms with van der Waals surface area (Å²) in [7, 11) is -2.64. The molecule has 39 heavy (non-hydrogen) atoms. The van der Waals surface area contributed by atoms with Crippen molar-refractivity contribution in [2.24, 2.45) is 0 Å². The first kappa shape index (κ1) is 27.2. The van der Waals surface area contributed by atoms with Crippen LogP contribution in [0.3, 0.4) is 0 Å². The minimum atomic E-state index is -4.11. The largest absolute Gasteiger partial charge is 0.497 e. The van der Waals surface area contributed by atoms with E-state index in [1.165, 1.54) is 49.6 Å². The molecule has 5 rings (SSSR count). The average Bonchev–Trinajstić information content (AvgIpc) is 3.22. The van der Waals surface area contributed by atoms with Gasteiger partial charge in [0.2, 0.25) is 0 Å². The molecule has 1 aromatic heterocycles. The summed E-state index contributed by atoms with van der Waals surface area (Å²) in [6.07, 6.45) is 6.20. The maximum atomic E-state index is 14.8. The molecule has 1 N–H and O–H groups in total. The van der Waals surface area contributed by atoms with Crippen LogP contribution in [0.15, 0.2) is 65.6 Å². The van der Waals surface area contributed by atoms with Gasteiger partial charge in [-0.25, -0.2) is 17.5 Å². The monoisotopic (exact) mass is 586 g/mol. The quantitative estimate of drug-likeness (QED) is 0.249. The molecule has 1 aliphatic carbocycles. The third-order valence-corrected chi connectivity index (χ3v) is 8.78. The number of nitrogens with zero attached hydrogens (tertiary/aromatic N) is 1. The van der Waals surface area contributed by atoms with Gasteiger partial charge in [0.1, 0.15) is 11.6 Å². The van der Waals surface area contributed by atoms with Gasteiger partial charge in [-0.05, 0) is 91.4 Å². The SMILES string of the molecule is COc1ccc(S(=O)(=O)NC(=O)/C=C/c2cc(F)cc3c4c(n(Cc5ccc(Cl)cc5Cl)c23)CCCC4)cc1. The second-order valence-electron chi connectivity index (χ2n) is 9.32. The van der Waals surface area contributed by atoms with E-state index in [0.717, 1.165) is 59.5 Å². The van der Waals surface area contributed by atoms with Crippen LogP contribution in [0.25, 0.3) is 17.0 Å². The van der Waals surface area contributed by atoms with Crippen molar-refractivity contribution in [3.8, 4) is 5.75 Å². The van der Waals surface area contributed by atoms with Gasteiger partial charge in [-0.15, -0.1) is 0 Å². The van der Waals surface area contributed by atoms with Crippen LogP contribution in [-0.2, 0) is 34.2 Å². The number of aryl methyl sites for hydroxylation is 1. The zero-order valence-electron chi connectivity index (χ0n) is 21.0. The third-order valence-electron chi connectivity index (χ3n) is 6.83. The number of carbonyl (C=O) groups excluding carboxylic acids is 1. The Morgan fingerprint density at radius 1 is 1.08 bits per heavy atom. The molecule has 3 aromatic carbocycles. The lowest BCUT2D eigenvalue weighted by Crippen LogP contribution is -2.28. The predicted molar refractivity (Wildman–Crippen MR) is 151 cm³/mol. The number of nitrogens with one attached hydrogen (secondary N) is 1. The zero-order valence-corrected chi connectivity index (χ0v) is 23.3. The maximum Gasteiger partial charge on any atom is 0.264 e. The van der Waals surface area contributed by atoms with Crippen molar-refractivity contribution in [3.63, 3.8) is 0 Å². The molecule has 0 unspecified atom stereocenters. The number of fused-ring (bicyclic) bond motifs is 3. The number of ether oxygens (including phenoxy) is 1. The van der Waals surface area contributed by atoms with Crippen LogP contribution >= 0.6 is 23.2 Å². The van der Waals surface area contributed by atoms with Gasteiger partial charge in [-0.2, -0.15) is 0 Å². The smallest absolute Gasteiger partial charge is 0.264 e. The number of halogens is 3. The standard InChI is InChI=1S/C29H25Cl2FN2O4S/c1-38-22-9-11-23(12-10-22)39(36,37)33-28(35)13-7-18-14-21(32)16-25-24-4-2-3-5-27(24)34(29(18)25)17-19-6-8-20(30)15-26(19)31/h6-16H,2-5,17H2,1H3,(H,33,35)/b13-7+. The Labute approximate surface area is 236 Å². The summed E-state index contributed by atoms with van der Waals surface area (Å²) in [5.41, 5.74) is 4.27. The summed E-state index contributed by atoms with van der Waals surface area (Å²) in [6.45, 7) is 0.437. The number of sulfonamides is 1.